The fourth-order valence-electron chi connectivity index (χ4n) is 4.79. The molecule has 178 valence electrons. The molecule has 0 amide bonds. The average molecular weight is 479 g/mol. The minimum Gasteiger partial charge on any atom is -0.493 e. The first-order valence-corrected chi connectivity index (χ1v) is 12.7. The first-order chi connectivity index (χ1) is 16.7. The number of nitrogens with zero attached hydrogens (tertiary/aromatic N) is 2. The number of anilines is 1. The van der Waals surface area contributed by atoms with E-state index in [4.69, 9.17) is 13.9 Å². The van der Waals surface area contributed by atoms with E-state index < -0.39 is 0 Å². The molecule has 0 radical (unpaired) electrons. The highest BCUT2D eigenvalue weighted by Gasteiger charge is 2.19. The van der Waals surface area contributed by atoms with E-state index in [1.165, 1.54) is 15.8 Å². The number of hydrogen-bond acceptors (Lipinski definition) is 7. The third-order valence-electron chi connectivity index (χ3n) is 6.71. The fraction of sp³-hybridized carbons (Fsp3) is 0.370. The summed E-state index contributed by atoms with van der Waals surface area (Å²) in [5.74, 6) is 1.09. The van der Waals surface area contributed by atoms with E-state index in [2.05, 4.69) is 39.4 Å². The summed E-state index contributed by atoms with van der Waals surface area (Å²) in [7, 11) is 3.14. The number of piperazine rings is 1. The molecule has 34 heavy (non-hydrogen) atoms. The maximum Gasteiger partial charge on any atom is 0.195 e. The molecular weight excluding hydrogens is 448 g/mol. The van der Waals surface area contributed by atoms with Gasteiger partial charge in [0.1, 0.15) is 5.58 Å². The van der Waals surface area contributed by atoms with Crippen LogP contribution in [-0.4, -0.2) is 51.8 Å². The number of thiophene rings is 1. The third kappa shape index (κ3) is 4.50. The van der Waals surface area contributed by atoms with Gasteiger partial charge in [0, 0.05) is 53.6 Å². The molecule has 1 aliphatic heterocycles. The molecule has 6 nitrogen and oxygen atoms in total. The topological polar surface area (TPSA) is 55.2 Å². The van der Waals surface area contributed by atoms with Gasteiger partial charge in [0.15, 0.2) is 16.9 Å². The highest BCUT2D eigenvalue weighted by atomic mass is 32.1. The summed E-state index contributed by atoms with van der Waals surface area (Å²) >= 11 is 1.80. The number of ether oxygens (including phenoxy) is 2. The molecule has 0 N–H and O–H groups in total. The van der Waals surface area contributed by atoms with Crippen molar-refractivity contribution in [2.45, 2.75) is 19.3 Å². The molecule has 0 spiro atoms. The number of methoxy groups -OCH3 is 2. The van der Waals surface area contributed by atoms with Crippen LogP contribution < -0.4 is 19.8 Å². The van der Waals surface area contributed by atoms with E-state index in [0.717, 1.165) is 45.6 Å². The predicted molar refractivity (Wildman–Crippen MR) is 139 cm³/mol. The summed E-state index contributed by atoms with van der Waals surface area (Å²) in [4.78, 5) is 18.0. The Balaban J connectivity index is 1.14. The Bertz CT molecular complexity index is 1340. The van der Waals surface area contributed by atoms with Gasteiger partial charge in [0.2, 0.25) is 0 Å². The zero-order valence-electron chi connectivity index (χ0n) is 19.7. The Morgan fingerprint density at radius 1 is 0.971 bits per heavy atom. The Labute approximate surface area is 203 Å². The van der Waals surface area contributed by atoms with E-state index in [1.807, 2.05) is 0 Å². The lowest BCUT2D eigenvalue weighted by Crippen LogP contribution is -2.46. The Morgan fingerprint density at radius 2 is 1.76 bits per heavy atom. The molecular formula is C27H30N2O4S. The van der Waals surface area contributed by atoms with Crippen molar-refractivity contribution in [2.24, 2.45) is 0 Å². The Morgan fingerprint density at radius 3 is 2.56 bits per heavy atom. The summed E-state index contributed by atoms with van der Waals surface area (Å²) in [5, 5.41) is 4.08. The lowest BCUT2D eigenvalue weighted by atomic mass is 10.1. The zero-order valence-corrected chi connectivity index (χ0v) is 20.5. The smallest absolute Gasteiger partial charge is 0.195 e. The van der Waals surface area contributed by atoms with Gasteiger partial charge in [0.25, 0.3) is 0 Å². The van der Waals surface area contributed by atoms with Crippen LogP contribution in [0, 0.1) is 0 Å². The van der Waals surface area contributed by atoms with Crippen molar-refractivity contribution in [2.75, 3.05) is 51.8 Å². The predicted octanol–water partition coefficient (Wildman–Crippen LogP) is 5.17. The van der Waals surface area contributed by atoms with Gasteiger partial charge >= 0.3 is 0 Å². The molecule has 5 rings (SSSR count). The molecule has 4 aromatic rings. The van der Waals surface area contributed by atoms with Crippen molar-refractivity contribution in [3.8, 4) is 11.5 Å². The Hall–Kier alpha value is -3.03. The van der Waals surface area contributed by atoms with E-state index in [0.29, 0.717) is 34.5 Å². The fourth-order valence-corrected chi connectivity index (χ4v) is 5.59. The van der Waals surface area contributed by atoms with Crippen LogP contribution >= 0.6 is 11.3 Å². The molecule has 1 fully saturated rings. The molecule has 1 aliphatic rings. The molecule has 0 aliphatic carbocycles. The molecule has 2 aromatic carbocycles. The zero-order chi connectivity index (χ0) is 23.5. The van der Waals surface area contributed by atoms with E-state index in [-0.39, 0.29) is 5.43 Å². The summed E-state index contributed by atoms with van der Waals surface area (Å²) in [6.07, 6.45) is 4.33. The van der Waals surface area contributed by atoms with E-state index in [1.54, 1.807) is 44.0 Å². The normalized spacial score (nSPS) is 14.7. The molecule has 0 unspecified atom stereocenters. The van der Waals surface area contributed by atoms with Gasteiger partial charge in [-0.3, -0.25) is 9.69 Å². The molecule has 0 saturated carbocycles. The number of fused-ring (bicyclic) bond motifs is 2. The summed E-state index contributed by atoms with van der Waals surface area (Å²) in [5.41, 5.74) is 2.60. The van der Waals surface area contributed by atoms with Crippen molar-refractivity contribution >= 4 is 38.1 Å². The second-order valence-corrected chi connectivity index (χ2v) is 9.64. The molecule has 0 atom stereocenters. The molecule has 2 aromatic heterocycles. The van der Waals surface area contributed by atoms with E-state index >= 15 is 0 Å². The highest BCUT2D eigenvalue weighted by molar-refractivity contribution is 7.17. The lowest BCUT2D eigenvalue weighted by molar-refractivity contribution is 0.253. The van der Waals surface area contributed by atoms with Crippen molar-refractivity contribution in [1.82, 2.24) is 4.90 Å². The second-order valence-electron chi connectivity index (χ2n) is 8.69. The van der Waals surface area contributed by atoms with Gasteiger partial charge in [-0.25, -0.2) is 0 Å². The number of rotatable bonds is 8. The maximum absolute atomic E-state index is 13.0. The van der Waals surface area contributed by atoms with Gasteiger partial charge in [-0.15, -0.1) is 11.3 Å². The monoisotopic (exact) mass is 478 g/mol. The molecule has 7 heteroatoms. The van der Waals surface area contributed by atoms with Gasteiger partial charge in [-0.2, -0.15) is 0 Å². The van der Waals surface area contributed by atoms with E-state index in [9.17, 15) is 4.79 Å². The average Bonchev–Trinajstić information content (AvgIpc) is 3.36. The van der Waals surface area contributed by atoms with Crippen molar-refractivity contribution in [3.63, 3.8) is 0 Å². The van der Waals surface area contributed by atoms with Crippen LogP contribution in [0.1, 0.15) is 18.4 Å². The molecule has 3 heterocycles. The van der Waals surface area contributed by atoms with Crippen LogP contribution in [0.4, 0.5) is 5.69 Å². The van der Waals surface area contributed by atoms with Gasteiger partial charge < -0.3 is 18.8 Å². The van der Waals surface area contributed by atoms with Gasteiger partial charge in [-0.1, -0.05) is 6.07 Å². The van der Waals surface area contributed by atoms with Gasteiger partial charge in [0.05, 0.1) is 25.9 Å². The standard InChI is InChI=1S/C27H30N2O4S/c1-31-24-16-21-23(17-25(24)32-2)33-18-19(27(21)30)6-3-4-10-28-11-13-29(14-12-28)22-7-5-8-26-20(22)9-15-34-26/h5,7-9,15-18H,3-4,6,10-14H2,1-2H3. The summed E-state index contributed by atoms with van der Waals surface area (Å²) < 4.78 is 17.7. The summed E-state index contributed by atoms with van der Waals surface area (Å²) in [6, 6.07) is 12.3. The maximum atomic E-state index is 13.0. The summed E-state index contributed by atoms with van der Waals surface area (Å²) in [6.45, 7) is 5.30. The number of aryl methyl sites for hydroxylation is 1. The SMILES string of the molecule is COc1cc2occ(CCCCN3CCN(c4cccc5sccc45)CC3)c(=O)c2cc1OC. The minimum absolute atomic E-state index is 0.0124. The van der Waals surface area contributed by atoms with Crippen LogP contribution in [0.3, 0.4) is 0 Å². The number of hydrogen-bond donors (Lipinski definition) is 0. The van der Waals surface area contributed by atoms with Crippen LogP contribution in [0.15, 0.2) is 57.3 Å². The quantitative estimate of drug-likeness (QED) is 0.326. The Kier molecular flexibility index (Phi) is 6.74. The van der Waals surface area contributed by atoms with Gasteiger partial charge in [-0.05, 0) is 55.5 Å². The largest absolute Gasteiger partial charge is 0.493 e. The minimum atomic E-state index is 0.0124. The van der Waals surface area contributed by atoms with Crippen molar-refractivity contribution in [3.05, 3.63) is 63.8 Å². The van der Waals surface area contributed by atoms with Crippen LogP contribution in [0.25, 0.3) is 21.1 Å². The number of benzene rings is 2. The van der Waals surface area contributed by atoms with Crippen LogP contribution in [0.2, 0.25) is 0 Å². The molecule has 0 bridgehead atoms. The number of unbranched alkanes of at least 4 members (excludes halogenated alkanes) is 1. The van der Waals surface area contributed by atoms with Crippen LogP contribution in [-0.2, 0) is 6.42 Å². The first-order valence-electron chi connectivity index (χ1n) is 11.8. The first kappa shape index (κ1) is 22.7. The second kappa shape index (κ2) is 10.1. The van der Waals surface area contributed by atoms with Crippen molar-refractivity contribution < 1.29 is 13.9 Å². The van der Waals surface area contributed by atoms with Crippen LogP contribution in [0.5, 0.6) is 11.5 Å². The lowest BCUT2D eigenvalue weighted by Gasteiger charge is -2.36. The van der Waals surface area contributed by atoms with Crippen molar-refractivity contribution in [1.29, 1.82) is 0 Å². The third-order valence-corrected chi connectivity index (χ3v) is 7.59. The molecule has 1 saturated heterocycles. The highest BCUT2D eigenvalue weighted by Crippen LogP contribution is 2.32.